The van der Waals surface area contributed by atoms with Crippen molar-refractivity contribution in [2.45, 2.75) is 25.6 Å². The van der Waals surface area contributed by atoms with E-state index in [9.17, 15) is 4.79 Å². The number of aromatic nitrogens is 2. The third-order valence-electron chi connectivity index (χ3n) is 3.88. The molecule has 0 aliphatic heterocycles. The molecule has 0 aliphatic rings. The fourth-order valence-corrected chi connectivity index (χ4v) is 2.52. The fraction of sp³-hybridized carbons (Fsp3) is 0.200. The largest absolute Gasteiger partial charge is 0.460 e. The van der Waals surface area contributed by atoms with Crippen molar-refractivity contribution in [3.63, 3.8) is 0 Å². The van der Waals surface area contributed by atoms with Gasteiger partial charge >= 0.3 is 5.97 Å². The lowest BCUT2D eigenvalue weighted by atomic mass is 10.1. The number of hydrogen-bond donors (Lipinski definition) is 2. The molecule has 1 aromatic heterocycles. The van der Waals surface area contributed by atoms with E-state index >= 15 is 0 Å². The first kappa shape index (κ1) is 16.9. The molecule has 25 heavy (non-hydrogen) atoms. The Morgan fingerprint density at radius 3 is 2.36 bits per heavy atom. The monoisotopic (exact) mass is 335 g/mol. The molecular formula is C20H21N3O2. The summed E-state index contributed by atoms with van der Waals surface area (Å²) in [4.78, 5) is 19.6. The van der Waals surface area contributed by atoms with Crippen molar-refractivity contribution in [2.24, 2.45) is 0 Å². The third-order valence-corrected chi connectivity index (χ3v) is 3.88. The van der Waals surface area contributed by atoms with Crippen LogP contribution in [-0.4, -0.2) is 22.0 Å². The van der Waals surface area contributed by atoms with Crippen LogP contribution in [0.25, 0.3) is 0 Å². The second kappa shape index (κ2) is 8.80. The van der Waals surface area contributed by atoms with Gasteiger partial charge in [0.05, 0.1) is 6.33 Å². The first-order valence-corrected chi connectivity index (χ1v) is 8.26. The predicted molar refractivity (Wildman–Crippen MR) is 95.6 cm³/mol. The van der Waals surface area contributed by atoms with E-state index in [1.54, 1.807) is 12.5 Å². The van der Waals surface area contributed by atoms with Gasteiger partial charge in [0.2, 0.25) is 0 Å². The van der Waals surface area contributed by atoms with Crippen molar-refractivity contribution in [1.29, 1.82) is 0 Å². The Bertz CT molecular complexity index is 758. The molecular weight excluding hydrogens is 314 g/mol. The lowest BCUT2D eigenvalue weighted by Gasteiger charge is -2.17. The molecule has 0 fully saturated rings. The van der Waals surface area contributed by atoms with Crippen LogP contribution in [0, 0.1) is 0 Å². The molecule has 2 aromatic carbocycles. The number of benzene rings is 2. The second-order valence-corrected chi connectivity index (χ2v) is 5.79. The lowest BCUT2D eigenvalue weighted by Crippen LogP contribution is -2.39. The highest BCUT2D eigenvalue weighted by atomic mass is 16.5. The van der Waals surface area contributed by atoms with Crippen molar-refractivity contribution in [3.05, 3.63) is 90.0 Å². The van der Waals surface area contributed by atoms with E-state index in [0.717, 1.165) is 16.8 Å². The number of rotatable bonds is 8. The van der Waals surface area contributed by atoms with Gasteiger partial charge in [-0.1, -0.05) is 60.7 Å². The van der Waals surface area contributed by atoms with Gasteiger partial charge in [-0.15, -0.1) is 0 Å². The minimum atomic E-state index is -0.440. The molecule has 0 unspecified atom stereocenters. The zero-order valence-electron chi connectivity index (χ0n) is 13.9. The number of imidazole rings is 1. The SMILES string of the molecule is O=C(OCc1ccccc1)[C@H](Cc1cnc[nH]1)NCc1ccccc1. The molecule has 2 N–H and O–H groups in total. The quantitative estimate of drug-likeness (QED) is 0.621. The van der Waals surface area contributed by atoms with Gasteiger partial charge in [-0.05, 0) is 11.1 Å². The van der Waals surface area contributed by atoms with E-state index < -0.39 is 6.04 Å². The first-order valence-electron chi connectivity index (χ1n) is 8.26. The molecule has 3 aromatic rings. The summed E-state index contributed by atoms with van der Waals surface area (Å²) in [7, 11) is 0. The molecule has 0 saturated carbocycles. The molecule has 128 valence electrons. The van der Waals surface area contributed by atoms with Gasteiger partial charge in [0.15, 0.2) is 0 Å². The van der Waals surface area contributed by atoms with Crippen LogP contribution >= 0.6 is 0 Å². The molecule has 1 heterocycles. The maximum absolute atomic E-state index is 12.5. The molecule has 0 spiro atoms. The summed E-state index contributed by atoms with van der Waals surface area (Å²) in [5.74, 6) is -0.269. The Balaban J connectivity index is 1.61. The maximum Gasteiger partial charge on any atom is 0.323 e. The summed E-state index contributed by atoms with van der Waals surface area (Å²) < 4.78 is 5.49. The summed E-state index contributed by atoms with van der Waals surface area (Å²) in [5, 5.41) is 3.29. The Hall–Kier alpha value is -2.92. The van der Waals surface area contributed by atoms with Crippen LogP contribution in [0.1, 0.15) is 16.8 Å². The molecule has 5 nitrogen and oxygen atoms in total. The van der Waals surface area contributed by atoms with Crippen molar-refractivity contribution >= 4 is 5.97 Å². The van der Waals surface area contributed by atoms with E-state index in [4.69, 9.17) is 4.74 Å². The Kier molecular flexibility index (Phi) is 5.96. The second-order valence-electron chi connectivity index (χ2n) is 5.79. The van der Waals surface area contributed by atoms with Gasteiger partial charge in [-0.3, -0.25) is 10.1 Å². The third kappa shape index (κ3) is 5.29. The number of ether oxygens (including phenoxy) is 1. The van der Waals surface area contributed by atoms with E-state index in [0.29, 0.717) is 13.0 Å². The van der Waals surface area contributed by atoms with Crippen LogP contribution in [0.4, 0.5) is 0 Å². The number of H-pyrrole nitrogens is 1. The molecule has 3 rings (SSSR count). The smallest absolute Gasteiger partial charge is 0.323 e. The van der Waals surface area contributed by atoms with Crippen molar-refractivity contribution in [1.82, 2.24) is 15.3 Å². The van der Waals surface area contributed by atoms with Crippen molar-refractivity contribution < 1.29 is 9.53 Å². The number of nitrogens with one attached hydrogen (secondary N) is 2. The molecule has 0 bridgehead atoms. The minimum absolute atomic E-state index is 0.269. The van der Waals surface area contributed by atoms with Gasteiger partial charge in [-0.25, -0.2) is 4.98 Å². The van der Waals surface area contributed by atoms with Crippen LogP contribution in [0.5, 0.6) is 0 Å². The van der Waals surface area contributed by atoms with Gasteiger partial charge in [0.25, 0.3) is 0 Å². The lowest BCUT2D eigenvalue weighted by molar-refractivity contribution is -0.147. The van der Waals surface area contributed by atoms with Gasteiger partial charge in [-0.2, -0.15) is 0 Å². The van der Waals surface area contributed by atoms with Gasteiger partial charge < -0.3 is 9.72 Å². The Morgan fingerprint density at radius 2 is 1.72 bits per heavy atom. The molecule has 5 heteroatoms. The molecule has 0 aliphatic carbocycles. The number of esters is 1. The Morgan fingerprint density at radius 1 is 1.04 bits per heavy atom. The van der Waals surface area contributed by atoms with Crippen LogP contribution in [0.15, 0.2) is 73.2 Å². The number of hydrogen-bond acceptors (Lipinski definition) is 4. The van der Waals surface area contributed by atoms with Crippen LogP contribution < -0.4 is 5.32 Å². The topological polar surface area (TPSA) is 67.0 Å². The zero-order valence-corrected chi connectivity index (χ0v) is 13.9. The van der Waals surface area contributed by atoms with Crippen LogP contribution in [0.3, 0.4) is 0 Å². The van der Waals surface area contributed by atoms with Gasteiger partial charge in [0.1, 0.15) is 12.6 Å². The number of carbonyl (C=O) groups is 1. The maximum atomic E-state index is 12.5. The Labute approximate surface area is 147 Å². The predicted octanol–water partition coefficient (Wildman–Crippen LogP) is 2.85. The van der Waals surface area contributed by atoms with E-state index in [1.807, 2.05) is 60.7 Å². The number of carbonyl (C=O) groups excluding carboxylic acids is 1. The highest BCUT2D eigenvalue weighted by Crippen LogP contribution is 2.07. The molecule has 1 atom stereocenters. The first-order chi connectivity index (χ1) is 12.3. The van der Waals surface area contributed by atoms with Crippen LogP contribution in [-0.2, 0) is 29.1 Å². The minimum Gasteiger partial charge on any atom is -0.460 e. The van der Waals surface area contributed by atoms with E-state index in [-0.39, 0.29) is 12.6 Å². The van der Waals surface area contributed by atoms with Crippen LogP contribution in [0.2, 0.25) is 0 Å². The molecule has 0 amide bonds. The van der Waals surface area contributed by atoms with Crippen molar-refractivity contribution in [3.8, 4) is 0 Å². The number of aromatic amines is 1. The summed E-state index contributed by atoms with van der Waals surface area (Å²) in [5.41, 5.74) is 2.98. The summed E-state index contributed by atoms with van der Waals surface area (Å²) in [6.45, 7) is 0.867. The van der Waals surface area contributed by atoms with E-state index in [1.165, 1.54) is 0 Å². The molecule has 0 radical (unpaired) electrons. The zero-order chi connectivity index (χ0) is 17.3. The van der Waals surface area contributed by atoms with Crippen molar-refractivity contribution in [2.75, 3.05) is 0 Å². The molecule has 0 saturated heterocycles. The normalized spacial score (nSPS) is 11.8. The summed E-state index contributed by atoms with van der Waals surface area (Å²) >= 11 is 0. The van der Waals surface area contributed by atoms with E-state index in [2.05, 4.69) is 15.3 Å². The summed E-state index contributed by atoms with van der Waals surface area (Å²) in [6, 6.07) is 19.2. The fourth-order valence-electron chi connectivity index (χ4n) is 2.52. The highest BCUT2D eigenvalue weighted by molar-refractivity contribution is 5.76. The summed E-state index contributed by atoms with van der Waals surface area (Å²) in [6.07, 6.45) is 3.83. The average molecular weight is 335 g/mol. The standard InChI is InChI=1S/C20H21N3O2/c24-20(25-14-17-9-5-2-6-10-17)19(11-18-13-21-15-23-18)22-12-16-7-3-1-4-8-16/h1-10,13,15,19,22H,11-12,14H2,(H,21,23)/t19-/m0/s1. The average Bonchev–Trinajstić information content (AvgIpc) is 3.18. The highest BCUT2D eigenvalue weighted by Gasteiger charge is 2.21. The van der Waals surface area contributed by atoms with Gasteiger partial charge in [0, 0.05) is 24.9 Å². The number of nitrogens with zero attached hydrogens (tertiary/aromatic N) is 1.